The molecule has 1 aromatic carbocycles. The molecule has 2 unspecified atom stereocenters. The van der Waals surface area contributed by atoms with Crippen LogP contribution in [-0.2, 0) is 11.2 Å². The Balaban J connectivity index is 2.05. The molecule has 20 heavy (non-hydrogen) atoms. The quantitative estimate of drug-likeness (QED) is 0.801. The number of hydrogen-bond donors (Lipinski definition) is 1. The molecule has 1 N–H and O–H groups in total. The summed E-state index contributed by atoms with van der Waals surface area (Å²) in [4.78, 5) is 0. The zero-order valence-corrected chi connectivity index (χ0v) is 14.3. The van der Waals surface area contributed by atoms with Crippen molar-refractivity contribution in [3.63, 3.8) is 0 Å². The summed E-state index contributed by atoms with van der Waals surface area (Å²) < 4.78 is 6.98. The van der Waals surface area contributed by atoms with Gasteiger partial charge in [-0.3, -0.25) is 0 Å². The average molecular weight is 361 g/mol. The van der Waals surface area contributed by atoms with Crippen LogP contribution in [0.2, 0.25) is 5.02 Å². The molecule has 0 radical (unpaired) electrons. The third-order valence-corrected chi connectivity index (χ3v) is 4.62. The van der Waals surface area contributed by atoms with Gasteiger partial charge in [0.05, 0.1) is 6.10 Å². The SMILES string of the molecule is CCCNC(Cc1ccc(Br)cc1Cl)C1CCCCO1. The highest BCUT2D eigenvalue weighted by molar-refractivity contribution is 9.10. The minimum atomic E-state index is 0.315. The predicted molar refractivity (Wildman–Crippen MR) is 88.5 cm³/mol. The Morgan fingerprint density at radius 3 is 2.95 bits per heavy atom. The molecule has 0 spiro atoms. The second-order valence-corrected chi connectivity index (χ2v) is 6.73. The fourth-order valence-corrected chi connectivity index (χ4v) is 3.42. The van der Waals surface area contributed by atoms with E-state index in [9.17, 15) is 0 Å². The van der Waals surface area contributed by atoms with Crippen LogP contribution in [0.5, 0.6) is 0 Å². The Bertz CT molecular complexity index is 421. The summed E-state index contributed by atoms with van der Waals surface area (Å²) in [6, 6.07) is 6.49. The van der Waals surface area contributed by atoms with E-state index in [0.717, 1.165) is 41.9 Å². The van der Waals surface area contributed by atoms with Gasteiger partial charge in [0, 0.05) is 22.1 Å². The van der Waals surface area contributed by atoms with Crippen LogP contribution in [-0.4, -0.2) is 25.3 Å². The van der Waals surface area contributed by atoms with Crippen LogP contribution in [0.15, 0.2) is 22.7 Å². The van der Waals surface area contributed by atoms with Gasteiger partial charge in [0.15, 0.2) is 0 Å². The summed E-state index contributed by atoms with van der Waals surface area (Å²) in [5, 5.41) is 4.47. The third-order valence-electron chi connectivity index (χ3n) is 3.78. The second kappa shape index (κ2) is 8.38. The van der Waals surface area contributed by atoms with Crippen LogP contribution < -0.4 is 5.32 Å². The highest BCUT2D eigenvalue weighted by Gasteiger charge is 2.24. The lowest BCUT2D eigenvalue weighted by molar-refractivity contribution is -0.00737. The number of benzene rings is 1. The van der Waals surface area contributed by atoms with Crippen molar-refractivity contribution in [3.8, 4) is 0 Å². The maximum absolute atomic E-state index is 6.35. The first-order valence-corrected chi connectivity index (χ1v) is 8.66. The number of nitrogens with one attached hydrogen (secondary N) is 1. The highest BCUT2D eigenvalue weighted by Crippen LogP contribution is 2.25. The average Bonchev–Trinajstić information content (AvgIpc) is 2.46. The monoisotopic (exact) mass is 359 g/mol. The number of ether oxygens (including phenoxy) is 1. The Hall–Kier alpha value is -0.0900. The molecule has 1 aliphatic heterocycles. The normalized spacial score (nSPS) is 20.9. The lowest BCUT2D eigenvalue weighted by atomic mass is 9.96. The lowest BCUT2D eigenvalue weighted by Crippen LogP contribution is -2.44. The molecule has 0 amide bonds. The molecule has 0 aliphatic carbocycles. The first kappa shape index (κ1) is 16.3. The molecule has 1 fully saturated rings. The van der Waals surface area contributed by atoms with Crippen molar-refractivity contribution >= 4 is 27.5 Å². The van der Waals surface area contributed by atoms with Gasteiger partial charge in [-0.1, -0.05) is 40.5 Å². The summed E-state index contributed by atoms with van der Waals surface area (Å²) in [6.45, 7) is 4.11. The van der Waals surface area contributed by atoms with Crippen molar-refractivity contribution in [2.24, 2.45) is 0 Å². The molecule has 1 saturated heterocycles. The summed E-state index contributed by atoms with van der Waals surface area (Å²) >= 11 is 9.80. The zero-order chi connectivity index (χ0) is 14.4. The Morgan fingerprint density at radius 2 is 2.30 bits per heavy atom. The van der Waals surface area contributed by atoms with E-state index in [-0.39, 0.29) is 0 Å². The second-order valence-electron chi connectivity index (χ2n) is 5.41. The molecular formula is C16H23BrClNO. The van der Waals surface area contributed by atoms with E-state index in [2.05, 4.69) is 40.3 Å². The van der Waals surface area contributed by atoms with Crippen molar-refractivity contribution in [3.05, 3.63) is 33.3 Å². The van der Waals surface area contributed by atoms with E-state index in [4.69, 9.17) is 16.3 Å². The predicted octanol–water partition coefficient (Wildman–Crippen LogP) is 4.58. The van der Waals surface area contributed by atoms with Crippen molar-refractivity contribution in [1.82, 2.24) is 5.32 Å². The summed E-state index contributed by atoms with van der Waals surface area (Å²) in [5.41, 5.74) is 1.19. The van der Waals surface area contributed by atoms with Crippen molar-refractivity contribution in [2.45, 2.75) is 51.2 Å². The molecular weight excluding hydrogens is 338 g/mol. The molecule has 0 saturated carbocycles. The van der Waals surface area contributed by atoms with Gasteiger partial charge in [-0.25, -0.2) is 0 Å². The third kappa shape index (κ3) is 4.73. The minimum absolute atomic E-state index is 0.315. The first-order chi connectivity index (χ1) is 9.70. The van der Waals surface area contributed by atoms with Gasteiger partial charge < -0.3 is 10.1 Å². The van der Waals surface area contributed by atoms with Crippen molar-refractivity contribution in [2.75, 3.05) is 13.2 Å². The van der Waals surface area contributed by atoms with Crippen LogP contribution in [0.1, 0.15) is 38.2 Å². The van der Waals surface area contributed by atoms with Gasteiger partial charge in [0.2, 0.25) is 0 Å². The highest BCUT2D eigenvalue weighted by atomic mass is 79.9. The van der Waals surface area contributed by atoms with Crippen LogP contribution in [0.4, 0.5) is 0 Å². The minimum Gasteiger partial charge on any atom is -0.377 e. The number of rotatable bonds is 6. The largest absolute Gasteiger partial charge is 0.377 e. The Kier molecular flexibility index (Phi) is 6.82. The van der Waals surface area contributed by atoms with Crippen molar-refractivity contribution < 1.29 is 4.74 Å². The smallest absolute Gasteiger partial charge is 0.0731 e. The van der Waals surface area contributed by atoms with Crippen LogP contribution in [0, 0.1) is 0 Å². The Morgan fingerprint density at radius 1 is 1.45 bits per heavy atom. The number of hydrogen-bond acceptors (Lipinski definition) is 2. The van der Waals surface area contributed by atoms with Gasteiger partial charge in [0.25, 0.3) is 0 Å². The van der Waals surface area contributed by atoms with Crippen LogP contribution in [0.3, 0.4) is 0 Å². The van der Waals surface area contributed by atoms with Gasteiger partial charge in [0.1, 0.15) is 0 Å². The van der Waals surface area contributed by atoms with E-state index in [1.54, 1.807) is 0 Å². The first-order valence-electron chi connectivity index (χ1n) is 7.49. The van der Waals surface area contributed by atoms with E-state index in [0.29, 0.717) is 12.1 Å². The number of halogens is 2. The molecule has 1 aromatic rings. The molecule has 1 aliphatic rings. The molecule has 1 heterocycles. The van der Waals surface area contributed by atoms with Crippen LogP contribution in [0.25, 0.3) is 0 Å². The molecule has 0 bridgehead atoms. The zero-order valence-electron chi connectivity index (χ0n) is 12.0. The van der Waals surface area contributed by atoms with E-state index >= 15 is 0 Å². The fraction of sp³-hybridized carbons (Fsp3) is 0.625. The van der Waals surface area contributed by atoms with Crippen LogP contribution >= 0.6 is 27.5 Å². The van der Waals surface area contributed by atoms with Crippen molar-refractivity contribution in [1.29, 1.82) is 0 Å². The van der Waals surface area contributed by atoms with Gasteiger partial charge >= 0.3 is 0 Å². The van der Waals surface area contributed by atoms with Gasteiger partial charge in [-0.2, -0.15) is 0 Å². The maximum atomic E-state index is 6.35. The lowest BCUT2D eigenvalue weighted by Gasteiger charge is -2.31. The summed E-state index contributed by atoms with van der Waals surface area (Å²) in [5.74, 6) is 0. The standard InChI is InChI=1S/C16H23BrClNO/c1-2-8-19-15(16-5-3-4-9-20-16)10-12-6-7-13(17)11-14(12)18/h6-7,11,15-16,19H,2-5,8-10H2,1H3. The molecule has 2 rings (SSSR count). The Labute approximate surface area is 135 Å². The fourth-order valence-electron chi connectivity index (χ4n) is 2.67. The summed E-state index contributed by atoms with van der Waals surface area (Å²) in [7, 11) is 0. The van der Waals surface area contributed by atoms with Gasteiger partial charge in [-0.05, 0) is 56.3 Å². The summed E-state index contributed by atoms with van der Waals surface area (Å²) in [6.07, 6.45) is 5.98. The van der Waals surface area contributed by atoms with E-state index < -0.39 is 0 Å². The van der Waals surface area contributed by atoms with E-state index in [1.807, 2.05) is 6.07 Å². The molecule has 112 valence electrons. The molecule has 0 aromatic heterocycles. The molecule has 4 heteroatoms. The molecule has 2 nitrogen and oxygen atoms in total. The maximum Gasteiger partial charge on any atom is 0.0731 e. The topological polar surface area (TPSA) is 21.3 Å². The molecule has 2 atom stereocenters. The van der Waals surface area contributed by atoms with Gasteiger partial charge in [-0.15, -0.1) is 0 Å². The van der Waals surface area contributed by atoms with E-state index in [1.165, 1.54) is 18.4 Å².